The van der Waals surface area contributed by atoms with Gasteiger partial charge < -0.3 is 5.32 Å². The topological polar surface area (TPSA) is 72.2 Å². The van der Waals surface area contributed by atoms with E-state index in [-0.39, 0.29) is 17.3 Å². The zero-order chi connectivity index (χ0) is 18.5. The predicted octanol–water partition coefficient (Wildman–Crippen LogP) is 6.02. The third-order valence-corrected chi connectivity index (χ3v) is 4.39. The summed E-state index contributed by atoms with van der Waals surface area (Å²) in [7, 11) is 0. The highest BCUT2D eigenvalue weighted by molar-refractivity contribution is 5.91. The van der Waals surface area contributed by atoms with E-state index in [1.165, 1.54) is 58.3 Å². The molecule has 0 aromatic heterocycles. The SMILES string of the molecule is CCCCCCCCCCCCc1ccc(NC(C)=O)c([N+](=O)[O-])c1. The number of nitrogens with one attached hydrogen (secondary N) is 1. The van der Waals surface area contributed by atoms with Crippen LogP contribution in [0.3, 0.4) is 0 Å². The van der Waals surface area contributed by atoms with Gasteiger partial charge in [0.25, 0.3) is 5.69 Å². The molecule has 1 N–H and O–H groups in total. The second-order valence-corrected chi connectivity index (χ2v) is 6.72. The molecule has 25 heavy (non-hydrogen) atoms. The number of carbonyl (C=O) groups is 1. The Hall–Kier alpha value is -1.91. The van der Waals surface area contributed by atoms with Gasteiger partial charge in [-0.05, 0) is 24.5 Å². The largest absolute Gasteiger partial charge is 0.321 e. The maximum Gasteiger partial charge on any atom is 0.293 e. The van der Waals surface area contributed by atoms with E-state index in [0.717, 1.165) is 24.8 Å². The quantitative estimate of drug-likeness (QED) is 0.269. The molecule has 0 saturated carbocycles. The summed E-state index contributed by atoms with van der Waals surface area (Å²) in [6.45, 7) is 3.59. The molecular formula is C20H32N2O3. The van der Waals surface area contributed by atoms with Crippen molar-refractivity contribution in [3.8, 4) is 0 Å². The van der Waals surface area contributed by atoms with E-state index < -0.39 is 4.92 Å². The second kappa shape index (κ2) is 12.5. The Kier molecular flexibility index (Phi) is 10.5. The zero-order valence-corrected chi connectivity index (χ0v) is 15.7. The predicted molar refractivity (Wildman–Crippen MR) is 103 cm³/mol. The summed E-state index contributed by atoms with van der Waals surface area (Å²) < 4.78 is 0. The van der Waals surface area contributed by atoms with Gasteiger partial charge in [0, 0.05) is 13.0 Å². The Bertz CT molecular complexity index is 544. The number of nitrogens with zero attached hydrogens (tertiary/aromatic N) is 1. The lowest BCUT2D eigenvalue weighted by Gasteiger charge is -2.07. The number of amides is 1. The summed E-state index contributed by atoms with van der Waals surface area (Å²) in [6, 6.07) is 5.08. The molecule has 1 aromatic rings. The van der Waals surface area contributed by atoms with Crippen molar-refractivity contribution < 1.29 is 9.72 Å². The summed E-state index contributed by atoms with van der Waals surface area (Å²) in [6.07, 6.45) is 13.6. The number of nitro benzene ring substituents is 1. The van der Waals surface area contributed by atoms with E-state index in [0.29, 0.717) is 0 Å². The first kappa shape index (κ1) is 21.1. The monoisotopic (exact) mass is 348 g/mol. The summed E-state index contributed by atoms with van der Waals surface area (Å²) in [5.74, 6) is -0.300. The van der Waals surface area contributed by atoms with Crippen molar-refractivity contribution in [1.29, 1.82) is 0 Å². The fourth-order valence-corrected chi connectivity index (χ4v) is 3.00. The fraction of sp³-hybridized carbons (Fsp3) is 0.650. The summed E-state index contributed by atoms with van der Waals surface area (Å²) in [4.78, 5) is 21.8. The first-order valence-electron chi connectivity index (χ1n) is 9.59. The molecule has 1 amide bonds. The Morgan fingerprint density at radius 2 is 1.56 bits per heavy atom. The van der Waals surface area contributed by atoms with E-state index >= 15 is 0 Å². The Morgan fingerprint density at radius 1 is 1.00 bits per heavy atom. The first-order chi connectivity index (χ1) is 12.0. The minimum absolute atomic E-state index is 0.0280. The zero-order valence-electron chi connectivity index (χ0n) is 15.7. The highest BCUT2D eigenvalue weighted by Gasteiger charge is 2.15. The van der Waals surface area contributed by atoms with Gasteiger partial charge in [-0.15, -0.1) is 0 Å². The molecule has 0 saturated heterocycles. The van der Waals surface area contributed by atoms with Gasteiger partial charge in [0.2, 0.25) is 5.91 Å². The molecule has 5 heteroatoms. The normalized spacial score (nSPS) is 10.6. The number of rotatable bonds is 13. The molecule has 0 aliphatic rings. The van der Waals surface area contributed by atoms with Gasteiger partial charge in [0.1, 0.15) is 5.69 Å². The second-order valence-electron chi connectivity index (χ2n) is 6.72. The van der Waals surface area contributed by atoms with E-state index in [2.05, 4.69) is 12.2 Å². The van der Waals surface area contributed by atoms with Crippen molar-refractivity contribution >= 4 is 17.3 Å². The Balaban J connectivity index is 2.27. The van der Waals surface area contributed by atoms with Crippen LogP contribution in [0, 0.1) is 10.1 Å². The minimum Gasteiger partial charge on any atom is -0.321 e. The van der Waals surface area contributed by atoms with Gasteiger partial charge in [-0.3, -0.25) is 14.9 Å². The molecule has 1 aromatic carbocycles. The molecule has 5 nitrogen and oxygen atoms in total. The van der Waals surface area contributed by atoms with E-state index in [1.54, 1.807) is 12.1 Å². The van der Waals surface area contributed by atoms with Crippen LogP contribution in [0.2, 0.25) is 0 Å². The van der Waals surface area contributed by atoms with Crippen LogP contribution in [0.15, 0.2) is 18.2 Å². The average molecular weight is 348 g/mol. The number of anilines is 1. The fourth-order valence-electron chi connectivity index (χ4n) is 3.00. The lowest BCUT2D eigenvalue weighted by atomic mass is 10.0. The van der Waals surface area contributed by atoms with E-state index in [9.17, 15) is 14.9 Å². The molecule has 140 valence electrons. The number of hydrogen-bond acceptors (Lipinski definition) is 3. The number of unbranched alkanes of at least 4 members (excludes halogenated alkanes) is 9. The smallest absolute Gasteiger partial charge is 0.293 e. The van der Waals surface area contributed by atoms with Crippen molar-refractivity contribution in [2.75, 3.05) is 5.32 Å². The van der Waals surface area contributed by atoms with Crippen LogP contribution in [0.25, 0.3) is 0 Å². The van der Waals surface area contributed by atoms with Crippen LogP contribution >= 0.6 is 0 Å². The van der Waals surface area contributed by atoms with E-state index in [1.807, 2.05) is 6.07 Å². The molecule has 0 fully saturated rings. The molecule has 0 bridgehead atoms. The number of nitro groups is 1. The first-order valence-corrected chi connectivity index (χ1v) is 9.59. The van der Waals surface area contributed by atoms with Crippen LogP contribution < -0.4 is 5.32 Å². The van der Waals surface area contributed by atoms with Crippen LogP contribution in [0.4, 0.5) is 11.4 Å². The highest BCUT2D eigenvalue weighted by Crippen LogP contribution is 2.26. The summed E-state index contributed by atoms with van der Waals surface area (Å²) in [5, 5.41) is 13.7. The summed E-state index contributed by atoms with van der Waals surface area (Å²) >= 11 is 0. The Labute approximate surface area is 151 Å². The number of carbonyl (C=O) groups excluding carboxylic acids is 1. The molecule has 0 aliphatic carbocycles. The average Bonchev–Trinajstić information content (AvgIpc) is 2.57. The number of aryl methyl sites for hydroxylation is 1. The standard InChI is InChI=1S/C20H32N2O3/c1-3-4-5-6-7-8-9-10-11-12-13-18-14-15-19(21-17(2)23)20(16-18)22(24)25/h14-16H,3-13H2,1-2H3,(H,21,23). The molecule has 0 spiro atoms. The van der Waals surface area contributed by atoms with Crippen molar-refractivity contribution in [1.82, 2.24) is 0 Å². The Morgan fingerprint density at radius 3 is 2.08 bits per heavy atom. The van der Waals surface area contributed by atoms with Crippen LogP contribution in [-0.2, 0) is 11.2 Å². The van der Waals surface area contributed by atoms with Crippen molar-refractivity contribution in [2.45, 2.75) is 84.5 Å². The van der Waals surface area contributed by atoms with Crippen molar-refractivity contribution in [2.24, 2.45) is 0 Å². The van der Waals surface area contributed by atoms with Crippen molar-refractivity contribution in [3.05, 3.63) is 33.9 Å². The van der Waals surface area contributed by atoms with E-state index in [4.69, 9.17) is 0 Å². The van der Waals surface area contributed by atoms with Gasteiger partial charge in [0.05, 0.1) is 4.92 Å². The molecule has 1 rings (SSSR count). The molecule has 0 heterocycles. The van der Waals surface area contributed by atoms with Crippen LogP contribution in [0.1, 0.15) is 83.6 Å². The van der Waals surface area contributed by atoms with Crippen molar-refractivity contribution in [3.63, 3.8) is 0 Å². The van der Waals surface area contributed by atoms with Gasteiger partial charge in [-0.25, -0.2) is 0 Å². The molecule has 0 radical (unpaired) electrons. The third-order valence-electron chi connectivity index (χ3n) is 4.39. The lowest BCUT2D eigenvalue weighted by molar-refractivity contribution is -0.384. The van der Waals surface area contributed by atoms with Crippen LogP contribution in [0.5, 0.6) is 0 Å². The maximum absolute atomic E-state index is 11.2. The molecule has 0 atom stereocenters. The highest BCUT2D eigenvalue weighted by atomic mass is 16.6. The number of hydrogen-bond donors (Lipinski definition) is 1. The van der Waals surface area contributed by atoms with Gasteiger partial charge in [-0.2, -0.15) is 0 Å². The molecular weight excluding hydrogens is 316 g/mol. The van der Waals surface area contributed by atoms with Crippen LogP contribution in [-0.4, -0.2) is 10.8 Å². The molecule has 0 aliphatic heterocycles. The lowest BCUT2D eigenvalue weighted by Crippen LogP contribution is -2.08. The summed E-state index contributed by atoms with van der Waals surface area (Å²) in [5.41, 5.74) is 1.20. The van der Waals surface area contributed by atoms with Gasteiger partial charge in [-0.1, -0.05) is 70.8 Å². The van der Waals surface area contributed by atoms with Gasteiger partial charge >= 0.3 is 0 Å². The minimum atomic E-state index is -0.437. The molecule has 0 unspecified atom stereocenters. The number of benzene rings is 1. The maximum atomic E-state index is 11.2. The van der Waals surface area contributed by atoms with Gasteiger partial charge in [0.15, 0.2) is 0 Å². The third kappa shape index (κ3) is 9.22.